The maximum atomic E-state index is 12.9. The van der Waals surface area contributed by atoms with E-state index in [0.717, 1.165) is 35.9 Å². The molecule has 0 N–H and O–H groups in total. The first-order chi connectivity index (χ1) is 15.1. The van der Waals surface area contributed by atoms with Crippen molar-refractivity contribution in [3.05, 3.63) is 72.6 Å². The van der Waals surface area contributed by atoms with Crippen molar-refractivity contribution in [1.82, 2.24) is 14.9 Å². The second-order valence-corrected chi connectivity index (χ2v) is 8.14. The molecule has 1 aliphatic rings. The number of aromatic nitrogens is 2. The lowest BCUT2D eigenvalue weighted by Crippen LogP contribution is -2.49. The highest BCUT2D eigenvalue weighted by atomic mass is 16.5. The second kappa shape index (κ2) is 9.60. The molecule has 0 unspecified atom stereocenters. The van der Waals surface area contributed by atoms with Crippen LogP contribution in [0.25, 0.3) is 11.3 Å². The number of hydrogen-bond acceptors (Lipinski definition) is 5. The molecule has 1 aromatic heterocycles. The normalized spacial score (nSPS) is 14.0. The quantitative estimate of drug-likeness (QED) is 0.604. The van der Waals surface area contributed by atoms with Crippen LogP contribution in [0.15, 0.2) is 67.0 Å². The molecule has 0 spiro atoms. The van der Waals surface area contributed by atoms with E-state index in [9.17, 15) is 4.79 Å². The van der Waals surface area contributed by atoms with Crippen LogP contribution in [0.5, 0.6) is 5.75 Å². The van der Waals surface area contributed by atoms with Gasteiger partial charge in [-0.3, -0.25) is 4.79 Å². The Morgan fingerprint density at radius 1 is 0.968 bits per heavy atom. The summed E-state index contributed by atoms with van der Waals surface area (Å²) in [6, 6.07) is 19.5. The lowest BCUT2D eigenvalue weighted by molar-refractivity contribution is 0.0746. The molecule has 0 saturated carbocycles. The van der Waals surface area contributed by atoms with Crippen molar-refractivity contribution in [3.63, 3.8) is 0 Å². The minimum Gasteiger partial charge on any atom is -0.493 e. The molecule has 0 atom stereocenters. The molecule has 1 aliphatic heterocycles. The minimum absolute atomic E-state index is 0.0581. The number of piperazine rings is 1. The zero-order valence-corrected chi connectivity index (χ0v) is 18.1. The van der Waals surface area contributed by atoms with Gasteiger partial charge in [0.15, 0.2) is 0 Å². The Hall–Kier alpha value is -3.41. The van der Waals surface area contributed by atoms with Gasteiger partial charge in [-0.15, -0.1) is 0 Å². The summed E-state index contributed by atoms with van der Waals surface area (Å²) in [5, 5.41) is 0. The first-order valence-electron chi connectivity index (χ1n) is 10.7. The van der Waals surface area contributed by atoms with Crippen LogP contribution in [0.4, 0.5) is 5.82 Å². The first kappa shape index (κ1) is 20.8. The average Bonchev–Trinajstić information content (AvgIpc) is 2.83. The second-order valence-electron chi connectivity index (χ2n) is 8.14. The third-order valence-corrected chi connectivity index (χ3v) is 5.30. The molecule has 31 heavy (non-hydrogen) atoms. The molecule has 2 heterocycles. The maximum Gasteiger partial charge on any atom is 0.253 e. The van der Waals surface area contributed by atoms with Gasteiger partial charge < -0.3 is 14.5 Å². The van der Waals surface area contributed by atoms with Crippen LogP contribution in [0.2, 0.25) is 0 Å². The Balaban J connectivity index is 1.36. The molecule has 6 heteroatoms. The highest BCUT2D eigenvalue weighted by Crippen LogP contribution is 2.22. The molecular weight excluding hydrogens is 388 g/mol. The lowest BCUT2D eigenvalue weighted by atomic mass is 10.1. The van der Waals surface area contributed by atoms with Gasteiger partial charge in [0.05, 0.1) is 12.3 Å². The van der Waals surface area contributed by atoms with E-state index in [4.69, 9.17) is 4.74 Å². The number of carbonyl (C=O) groups excluding carboxylic acids is 1. The van der Waals surface area contributed by atoms with E-state index in [2.05, 4.69) is 28.7 Å². The van der Waals surface area contributed by atoms with Crippen molar-refractivity contribution >= 4 is 11.7 Å². The van der Waals surface area contributed by atoms with Gasteiger partial charge in [0, 0.05) is 43.4 Å². The van der Waals surface area contributed by atoms with Gasteiger partial charge in [0.25, 0.3) is 5.91 Å². The Morgan fingerprint density at radius 3 is 2.35 bits per heavy atom. The summed E-state index contributed by atoms with van der Waals surface area (Å²) >= 11 is 0. The van der Waals surface area contributed by atoms with Crippen molar-refractivity contribution in [2.75, 3.05) is 37.7 Å². The van der Waals surface area contributed by atoms with Gasteiger partial charge in [-0.2, -0.15) is 0 Å². The van der Waals surface area contributed by atoms with E-state index in [1.54, 1.807) is 6.33 Å². The first-order valence-corrected chi connectivity index (χ1v) is 10.7. The predicted molar refractivity (Wildman–Crippen MR) is 122 cm³/mol. The maximum absolute atomic E-state index is 12.9. The third kappa shape index (κ3) is 5.20. The smallest absolute Gasteiger partial charge is 0.253 e. The number of rotatable bonds is 6. The van der Waals surface area contributed by atoms with Crippen LogP contribution in [0.3, 0.4) is 0 Å². The number of anilines is 1. The molecular formula is C25H28N4O2. The van der Waals surface area contributed by atoms with E-state index < -0.39 is 0 Å². The number of ether oxygens (including phenoxy) is 1. The summed E-state index contributed by atoms with van der Waals surface area (Å²) in [5.74, 6) is 2.22. The van der Waals surface area contributed by atoms with Crippen LogP contribution >= 0.6 is 0 Å². The number of hydrogen-bond donors (Lipinski definition) is 0. The van der Waals surface area contributed by atoms with E-state index in [1.807, 2.05) is 65.6 Å². The summed E-state index contributed by atoms with van der Waals surface area (Å²) < 4.78 is 5.71. The Morgan fingerprint density at radius 2 is 1.68 bits per heavy atom. The highest BCUT2D eigenvalue weighted by Gasteiger charge is 2.23. The standard InChI is InChI=1S/C25H28N4O2/c1-19(2)17-31-22-10-8-21(9-11-22)25(30)29-14-12-28(13-15-29)24-16-23(26-18-27-24)20-6-4-3-5-7-20/h3-11,16,18-19H,12-15,17H2,1-2H3. The van der Waals surface area contributed by atoms with E-state index in [-0.39, 0.29) is 5.91 Å². The number of nitrogens with zero attached hydrogens (tertiary/aromatic N) is 4. The van der Waals surface area contributed by atoms with Crippen molar-refractivity contribution in [1.29, 1.82) is 0 Å². The molecule has 0 aliphatic carbocycles. The molecule has 6 nitrogen and oxygen atoms in total. The van der Waals surface area contributed by atoms with Gasteiger partial charge >= 0.3 is 0 Å². The molecule has 1 amide bonds. The number of amides is 1. The van der Waals surface area contributed by atoms with Gasteiger partial charge in [-0.25, -0.2) is 9.97 Å². The summed E-state index contributed by atoms with van der Waals surface area (Å²) in [4.78, 5) is 25.9. The number of carbonyl (C=O) groups is 1. The Labute approximate surface area is 183 Å². The van der Waals surface area contributed by atoms with E-state index >= 15 is 0 Å². The fourth-order valence-corrected chi connectivity index (χ4v) is 3.56. The molecule has 3 aromatic rings. The van der Waals surface area contributed by atoms with Crippen molar-refractivity contribution in [3.8, 4) is 17.0 Å². The largest absolute Gasteiger partial charge is 0.493 e. The van der Waals surface area contributed by atoms with Gasteiger partial charge in [-0.1, -0.05) is 44.2 Å². The van der Waals surface area contributed by atoms with Crippen molar-refractivity contribution in [2.24, 2.45) is 5.92 Å². The fourth-order valence-electron chi connectivity index (χ4n) is 3.56. The molecule has 1 saturated heterocycles. The third-order valence-electron chi connectivity index (χ3n) is 5.30. The zero-order valence-electron chi connectivity index (χ0n) is 18.1. The van der Waals surface area contributed by atoms with Gasteiger partial charge in [0.2, 0.25) is 0 Å². The number of benzene rings is 2. The molecule has 0 radical (unpaired) electrons. The van der Waals surface area contributed by atoms with Crippen LogP contribution in [-0.2, 0) is 0 Å². The van der Waals surface area contributed by atoms with Crippen molar-refractivity contribution < 1.29 is 9.53 Å². The lowest BCUT2D eigenvalue weighted by Gasteiger charge is -2.35. The van der Waals surface area contributed by atoms with E-state index in [1.165, 1.54) is 0 Å². The average molecular weight is 417 g/mol. The SMILES string of the molecule is CC(C)COc1ccc(C(=O)N2CCN(c3cc(-c4ccccc4)ncn3)CC2)cc1. The highest BCUT2D eigenvalue weighted by molar-refractivity contribution is 5.94. The molecule has 1 fully saturated rings. The fraction of sp³-hybridized carbons (Fsp3) is 0.320. The summed E-state index contributed by atoms with van der Waals surface area (Å²) in [7, 11) is 0. The summed E-state index contributed by atoms with van der Waals surface area (Å²) in [6.07, 6.45) is 1.61. The molecule has 4 rings (SSSR count). The van der Waals surface area contributed by atoms with Gasteiger partial charge in [0.1, 0.15) is 17.9 Å². The van der Waals surface area contributed by atoms with Crippen molar-refractivity contribution in [2.45, 2.75) is 13.8 Å². The Bertz CT molecular complexity index is 998. The van der Waals surface area contributed by atoms with Crippen LogP contribution in [-0.4, -0.2) is 53.6 Å². The van der Waals surface area contributed by atoms with E-state index in [0.29, 0.717) is 31.2 Å². The zero-order chi connectivity index (χ0) is 21.6. The van der Waals surface area contributed by atoms with Crippen LogP contribution in [0, 0.1) is 5.92 Å². The minimum atomic E-state index is 0.0581. The molecule has 160 valence electrons. The summed E-state index contributed by atoms with van der Waals surface area (Å²) in [5.41, 5.74) is 2.67. The van der Waals surface area contributed by atoms with Crippen LogP contribution < -0.4 is 9.64 Å². The van der Waals surface area contributed by atoms with Crippen LogP contribution in [0.1, 0.15) is 24.2 Å². The summed E-state index contributed by atoms with van der Waals surface area (Å²) in [6.45, 7) is 7.70. The predicted octanol–water partition coefficient (Wildman–Crippen LogP) is 4.14. The topological polar surface area (TPSA) is 58.6 Å². The Kier molecular flexibility index (Phi) is 6.46. The molecule has 0 bridgehead atoms. The molecule has 2 aromatic carbocycles. The monoisotopic (exact) mass is 416 g/mol. The van der Waals surface area contributed by atoms with Gasteiger partial charge in [-0.05, 0) is 30.2 Å².